The maximum absolute atomic E-state index is 12.9. The fourth-order valence-electron chi connectivity index (χ4n) is 2.86. The van der Waals surface area contributed by atoms with E-state index in [-0.39, 0.29) is 10.7 Å². The summed E-state index contributed by atoms with van der Waals surface area (Å²) in [7, 11) is 1.54. The number of methoxy groups -OCH3 is 1. The van der Waals surface area contributed by atoms with E-state index in [0.29, 0.717) is 17.1 Å². The molecular formula is C20H19ClN2O3. The summed E-state index contributed by atoms with van der Waals surface area (Å²) in [4.78, 5) is 26.7. The largest absolute Gasteiger partial charge is 0.495 e. The van der Waals surface area contributed by atoms with E-state index >= 15 is 0 Å². The van der Waals surface area contributed by atoms with Crippen LogP contribution in [0.2, 0.25) is 0 Å². The number of rotatable bonds is 4. The topological polar surface area (TPSA) is 58.6 Å². The average molecular weight is 371 g/mol. The lowest BCUT2D eigenvalue weighted by molar-refractivity contribution is -0.120. The molecule has 1 aliphatic rings. The highest BCUT2D eigenvalue weighted by molar-refractivity contribution is 6.53. The van der Waals surface area contributed by atoms with Crippen molar-refractivity contribution >= 4 is 34.8 Å². The molecule has 1 aliphatic heterocycles. The van der Waals surface area contributed by atoms with Gasteiger partial charge in [0.25, 0.3) is 11.8 Å². The molecule has 0 atom stereocenters. The first-order chi connectivity index (χ1) is 12.3. The highest BCUT2D eigenvalue weighted by atomic mass is 35.5. The minimum atomic E-state index is -0.542. The molecule has 3 rings (SSSR count). The maximum atomic E-state index is 12.9. The van der Waals surface area contributed by atoms with Crippen molar-refractivity contribution in [3.63, 3.8) is 0 Å². The predicted molar refractivity (Wildman–Crippen MR) is 103 cm³/mol. The number of carbonyl (C=O) groups is 2. The van der Waals surface area contributed by atoms with Gasteiger partial charge in [0, 0.05) is 0 Å². The molecule has 0 fully saturated rings. The Morgan fingerprint density at radius 2 is 1.77 bits per heavy atom. The molecular weight excluding hydrogens is 352 g/mol. The quantitative estimate of drug-likeness (QED) is 0.825. The Kier molecular flexibility index (Phi) is 4.74. The summed E-state index contributed by atoms with van der Waals surface area (Å²) in [5, 5.41) is 2.84. The molecule has 2 aromatic carbocycles. The van der Waals surface area contributed by atoms with Crippen molar-refractivity contribution in [2.75, 3.05) is 17.3 Å². The molecule has 0 saturated heterocycles. The van der Waals surface area contributed by atoms with E-state index in [9.17, 15) is 9.59 Å². The number of benzene rings is 2. The van der Waals surface area contributed by atoms with Crippen molar-refractivity contribution in [2.45, 2.75) is 20.8 Å². The van der Waals surface area contributed by atoms with Gasteiger partial charge in [-0.15, -0.1) is 0 Å². The number of nitrogens with one attached hydrogen (secondary N) is 1. The number of imide groups is 1. The van der Waals surface area contributed by atoms with E-state index in [1.54, 1.807) is 18.2 Å². The van der Waals surface area contributed by atoms with E-state index in [1.807, 2.05) is 39.0 Å². The zero-order chi connectivity index (χ0) is 19.0. The molecule has 2 aromatic rings. The molecule has 5 nitrogen and oxygen atoms in total. The van der Waals surface area contributed by atoms with Crippen molar-refractivity contribution in [2.24, 2.45) is 0 Å². The van der Waals surface area contributed by atoms with Gasteiger partial charge < -0.3 is 10.1 Å². The Balaban J connectivity index is 2.00. The molecule has 1 N–H and O–H groups in total. The second-order valence-electron chi connectivity index (χ2n) is 6.18. The van der Waals surface area contributed by atoms with Gasteiger partial charge in [0.2, 0.25) is 0 Å². The first-order valence-corrected chi connectivity index (χ1v) is 8.49. The number of amides is 2. The van der Waals surface area contributed by atoms with Gasteiger partial charge in [0.15, 0.2) is 0 Å². The van der Waals surface area contributed by atoms with Gasteiger partial charge in [-0.3, -0.25) is 9.59 Å². The van der Waals surface area contributed by atoms with E-state index in [2.05, 4.69) is 5.32 Å². The summed E-state index contributed by atoms with van der Waals surface area (Å²) in [6, 6.07) is 11.0. The summed E-state index contributed by atoms with van der Waals surface area (Å²) in [5.74, 6) is -0.477. The van der Waals surface area contributed by atoms with Crippen molar-refractivity contribution in [3.8, 4) is 5.75 Å². The average Bonchev–Trinajstić information content (AvgIpc) is 2.81. The summed E-state index contributed by atoms with van der Waals surface area (Å²) < 4.78 is 5.32. The number of nitrogens with zero attached hydrogens (tertiary/aromatic N) is 1. The minimum absolute atomic E-state index is 0.0430. The van der Waals surface area contributed by atoms with Gasteiger partial charge in [0.1, 0.15) is 16.5 Å². The molecule has 0 aromatic heterocycles. The molecule has 6 heteroatoms. The number of carbonyl (C=O) groups excluding carboxylic acids is 2. The molecule has 0 aliphatic carbocycles. The van der Waals surface area contributed by atoms with Crippen LogP contribution >= 0.6 is 11.6 Å². The van der Waals surface area contributed by atoms with Crippen molar-refractivity contribution in [3.05, 3.63) is 63.8 Å². The van der Waals surface area contributed by atoms with Crippen LogP contribution in [0.5, 0.6) is 5.75 Å². The first kappa shape index (κ1) is 18.0. The predicted octanol–water partition coefficient (Wildman–Crippen LogP) is 4.06. The Bertz CT molecular complexity index is 950. The fraction of sp³-hybridized carbons (Fsp3) is 0.200. The molecule has 0 spiro atoms. The summed E-state index contributed by atoms with van der Waals surface area (Å²) in [6.07, 6.45) is 0. The third kappa shape index (κ3) is 2.95. The lowest BCUT2D eigenvalue weighted by Crippen LogP contribution is -2.33. The molecule has 0 bridgehead atoms. The number of anilines is 2. The third-order valence-corrected chi connectivity index (χ3v) is 4.81. The van der Waals surface area contributed by atoms with Crippen LogP contribution in [0.25, 0.3) is 0 Å². The number of ether oxygens (including phenoxy) is 1. The molecule has 2 amide bonds. The van der Waals surface area contributed by atoms with Crippen molar-refractivity contribution < 1.29 is 14.3 Å². The van der Waals surface area contributed by atoms with Gasteiger partial charge in [-0.25, -0.2) is 4.90 Å². The van der Waals surface area contributed by atoms with E-state index in [4.69, 9.17) is 16.3 Å². The van der Waals surface area contributed by atoms with Crippen LogP contribution in [0.15, 0.2) is 47.1 Å². The lowest BCUT2D eigenvalue weighted by Gasteiger charge is -2.19. The lowest BCUT2D eigenvalue weighted by atomic mass is 10.1. The Labute approximate surface area is 157 Å². The van der Waals surface area contributed by atoms with Crippen LogP contribution in [0, 0.1) is 20.8 Å². The number of halogens is 1. The van der Waals surface area contributed by atoms with Gasteiger partial charge >= 0.3 is 0 Å². The van der Waals surface area contributed by atoms with Crippen LogP contribution in [-0.2, 0) is 9.59 Å². The summed E-state index contributed by atoms with van der Waals surface area (Å²) in [5.41, 5.74) is 3.97. The molecule has 134 valence electrons. The number of hydrogen-bond acceptors (Lipinski definition) is 4. The summed E-state index contributed by atoms with van der Waals surface area (Å²) in [6.45, 7) is 5.72. The van der Waals surface area contributed by atoms with Crippen molar-refractivity contribution in [1.29, 1.82) is 0 Å². The number of aryl methyl sites for hydroxylation is 2. The molecule has 0 radical (unpaired) electrons. The zero-order valence-corrected chi connectivity index (χ0v) is 15.8. The van der Waals surface area contributed by atoms with E-state index < -0.39 is 11.8 Å². The highest BCUT2D eigenvalue weighted by Gasteiger charge is 2.39. The van der Waals surface area contributed by atoms with Crippen LogP contribution in [-0.4, -0.2) is 18.9 Å². The smallest absolute Gasteiger partial charge is 0.283 e. The minimum Gasteiger partial charge on any atom is -0.495 e. The third-order valence-electron chi connectivity index (χ3n) is 4.46. The fourth-order valence-corrected chi connectivity index (χ4v) is 3.07. The zero-order valence-electron chi connectivity index (χ0n) is 15.0. The Morgan fingerprint density at radius 1 is 1.04 bits per heavy atom. The van der Waals surface area contributed by atoms with Crippen molar-refractivity contribution in [1.82, 2.24) is 0 Å². The van der Waals surface area contributed by atoms with Crippen LogP contribution in [0.1, 0.15) is 16.7 Å². The number of hydrogen-bond donors (Lipinski definition) is 1. The molecule has 26 heavy (non-hydrogen) atoms. The van der Waals surface area contributed by atoms with E-state index in [1.165, 1.54) is 7.11 Å². The first-order valence-electron chi connectivity index (χ1n) is 8.11. The SMILES string of the molecule is COc1ccc(C)cc1NC1=C(Cl)C(=O)N(c2cccc(C)c2C)C1=O. The van der Waals surface area contributed by atoms with Gasteiger partial charge in [-0.2, -0.15) is 0 Å². The van der Waals surface area contributed by atoms with E-state index in [0.717, 1.165) is 21.6 Å². The Hall–Kier alpha value is -2.79. The highest BCUT2D eigenvalue weighted by Crippen LogP contribution is 2.34. The molecule has 1 heterocycles. The van der Waals surface area contributed by atoms with Gasteiger partial charge in [0.05, 0.1) is 18.5 Å². The van der Waals surface area contributed by atoms with Gasteiger partial charge in [-0.1, -0.05) is 29.8 Å². The molecule has 0 unspecified atom stereocenters. The van der Waals surface area contributed by atoms with Crippen LogP contribution in [0.4, 0.5) is 11.4 Å². The van der Waals surface area contributed by atoms with Crippen LogP contribution in [0.3, 0.4) is 0 Å². The monoisotopic (exact) mass is 370 g/mol. The maximum Gasteiger partial charge on any atom is 0.283 e. The Morgan fingerprint density at radius 3 is 2.46 bits per heavy atom. The molecule has 0 saturated carbocycles. The van der Waals surface area contributed by atoms with Crippen LogP contribution < -0.4 is 15.0 Å². The second-order valence-corrected chi connectivity index (χ2v) is 6.56. The van der Waals surface area contributed by atoms with Gasteiger partial charge in [-0.05, 0) is 55.7 Å². The summed E-state index contributed by atoms with van der Waals surface area (Å²) >= 11 is 6.21. The second kappa shape index (κ2) is 6.84. The standard InChI is InChI=1S/C20H19ClN2O3/c1-11-8-9-16(26-4)14(10-11)22-18-17(21)19(24)23(20(18)25)15-7-5-6-12(2)13(15)3/h5-10,22H,1-4H3. The normalized spacial score (nSPS) is 14.3.